The average molecular weight is 585 g/mol. The van der Waals surface area contributed by atoms with Gasteiger partial charge in [0, 0.05) is 31.2 Å². The summed E-state index contributed by atoms with van der Waals surface area (Å²) in [5, 5.41) is 0. The molecule has 5 fully saturated rings. The van der Waals surface area contributed by atoms with E-state index in [1.54, 1.807) is 0 Å². The van der Waals surface area contributed by atoms with Gasteiger partial charge in [-0.3, -0.25) is 4.90 Å². The van der Waals surface area contributed by atoms with Gasteiger partial charge in [0.25, 0.3) is 0 Å². The molecule has 2 aromatic carbocycles. The van der Waals surface area contributed by atoms with Crippen molar-refractivity contribution in [3.8, 4) is 0 Å². The fourth-order valence-electron chi connectivity index (χ4n) is 9.13. The fraction of sp³-hybridized carbons (Fsp3) is 0.600. The van der Waals surface area contributed by atoms with E-state index in [4.69, 9.17) is 19.2 Å². The molecule has 8 heteroatoms. The molecule has 8 nitrogen and oxygen atoms in total. The van der Waals surface area contributed by atoms with Crippen LogP contribution in [0.5, 0.6) is 0 Å². The summed E-state index contributed by atoms with van der Waals surface area (Å²) in [6.45, 7) is 5.88. The normalized spacial score (nSPS) is 31.9. The van der Waals surface area contributed by atoms with Gasteiger partial charge in [-0.1, -0.05) is 42.5 Å². The van der Waals surface area contributed by atoms with Crippen LogP contribution in [0.15, 0.2) is 54.6 Å². The summed E-state index contributed by atoms with van der Waals surface area (Å²) >= 11 is 0. The zero-order valence-electron chi connectivity index (χ0n) is 25.3. The van der Waals surface area contributed by atoms with Gasteiger partial charge in [0.05, 0.1) is 30.2 Å². The molecule has 6 atom stereocenters. The molecule has 5 aliphatic heterocycles. The summed E-state index contributed by atoms with van der Waals surface area (Å²) in [6.07, 6.45) is 8.37. The van der Waals surface area contributed by atoms with Gasteiger partial charge in [-0.2, -0.15) is 0 Å². The van der Waals surface area contributed by atoms with Crippen molar-refractivity contribution < 1.29 is 19.0 Å². The van der Waals surface area contributed by atoms with E-state index in [-0.39, 0.29) is 29.8 Å². The molecule has 0 radical (unpaired) electrons. The van der Waals surface area contributed by atoms with Crippen molar-refractivity contribution in [2.45, 2.75) is 94.2 Å². The van der Waals surface area contributed by atoms with Crippen LogP contribution in [0.25, 0.3) is 11.0 Å². The number of fused-ring (bicyclic) bond motifs is 4. The predicted octanol–water partition coefficient (Wildman–Crippen LogP) is 5.83. The standard InChI is InChI=1S/C35H44N4O4/c1-24-36-30-9-5-6-10-31(30)39(24)28-21-26-11-12-27(22-28)38(26)19-16-35(25-7-3-2-4-8-25)14-17-37(18-15-35)34(40)43-32-23-42-33-29(32)13-20-41-33/h2-10,26-29,32-33H,11-23H2,1H3/t26-,27+,28?,29?,32?,33?. The van der Waals surface area contributed by atoms with Crippen molar-refractivity contribution in [2.75, 3.05) is 32.8 Å². The summed E-state index contributed by atoms with van der Waals surface area (Å²) in [5.74, 6) is 1.32. The van der Waals surface area contributed by atoms with Gasteiger partial charge in [-0.15, -0.1) is 0 Å². The number of imidazole rings is 1. The number of nitrogens with zero attached hydrogens (tertiary/aromatic N) is 4. The molecule has 3 aromatic rings. The number of piperidine rings is 2. The first-order valence-corrected chi connectivity index (χ1v) is 16.5. The molecule has 0 spiro atoms. The summed E-state index contributed by atoms with van der Waals surface area (Å²) < 4.78 is 19.8. The molecule has 0 aliphatic carbocycles. The number of carbonyl (C=O) groups is 1. The van der Waals surface area contributed by atoms with Crippen molar-refractivity contribution in [3.63, 3.8) is 0 Å². The van der Waals surface area contributed by atoms with Crippen molar-refractivity contribution >= 4 is 17.1 Å². The maximum atomic E-state index is 13.2. The average Bonchev–Trinajstić information content (AvgIpc) is 3.79. The number of para-hydroxylation sites is 2. The van der Waals surface area contributed by atoms with E-state index >= 15 is 0 Å². The second-order valence-electron chi connectivity index (χ2n) is 13.6. The topological polar surface area (TPSA) is 69.1 Å². The first kappa shape index (κ1) is 27.6. The Morgan fingerprint density at radius 1 is 0.953 bits per heavy atom. The Kier molecular flexibility index (Phi) is 7.19. The Morgan fingerprint density at radius 3 is 2.49 bits per heavy atom. The molecule has 5 aliphatic rings. The summed E-state index contributed by atoms with van der Waals surface area (Å²) in [7, 11) is 0. The molecule has 1 amide bonds. The number of carbonyl (C=O) groups excluding carboxylic acids is 1. The molecule has 0 saturated carbocycles. The van der Waals surface area contributed by atoms with E-state index in [1.165, 1.54) is 36.8 Å². The zero-order chi connectivity index (χ0) is 29.0. The van der Waals surface area contributed by atoms with E-state index < -0.39 is 0 Å². The summed E-state index contributed by atoms with van der Waals surface area (Å²) in [5.41, 5.74) is 3.89. The van der Waals surface area contributed by atoms with Gasteiger partial charge in [-0.05, 0) is 87.9 Å². The third-order valence-corrected chi connectivity index (χ3v) is 11.4. The van der Waals surface area contributed by atoms with Crippen LogP contribution in [0.1, 0.15) is 68.8 Å². The number of hydrogen-bond acceptors (Lipinski definition) is 6. The van der Waals surface area contributed by atoms with E-state index in [2.05, 4.69) is 71.0 Å². The van der Waals surface area contributed by atoms with Gasteiger partial charge >= 0.3 is 6.09 Å². The monoisotopic (exact) mass is 584 g/mol. The Morgan fingerprint density at radius 2 is 1.70 bits per heavy atom. The van der Waals surface area contributed by atoms with Gasteiger partial charge in [0.15, 0.2) is 6.29 Å². The molecule has 43 heavy (non-hydrogen) atoms. The van der Waals surface area contributed by atoms with Crippen LogP contribution in [0.2, 0.25) is 0 Å². The molecule has 4 unspecified atom stereocenters. The van der Waals surface area contributed by atoms with Crippen molar-refractivity contribution in [1.29, 1.82) is 0 Å². The zero-order valence-corrected chi connectivity index (χ0v) is 25.3. The second-order valence-corrected chi connectivity index (χ2v) is 13.6. The maximum absolute atomic E-state index is 13.2. The van der Waals surface area contributed by atoms with Gasteiger partial charge in [-0.25, -0.2) is 9.78 Å². The highest BCUT2D eigenvalue weighted by atomic mass is 16.7. The molecule has 8 rings (SSSR count). The van der Waals surface area contributed by atoms with Crippen LogP contribution in [-0.4, -0.2) is 82.8 Å². The number of aryl methyl sites for hydroxylation is 1. The number of amides is 1. The quantitative estimate of drug-likeness (QED) is 0.363. The van der Waals surface area contributed by atoms with E-state index in [0.29, 0.717) is 31.3 Å². The smallest absolute Gasteiger partial charge is 0.410 e. The SMILES string of the molecule is Cc1nc2ccccc2n1C1C[C@H]2CC[C@@H](C1)N2CCC1(c2ccccc2)CCN(C(=O)OC2COC3OCCC23)CC1. The number of likely N-dealkylation sites (tertiary alicyclic amines) is 1. The number of aromatic nitrogens is 2. The largest absolute Gasteiger partial charge is 0.443 e. The number of hydrogen-bond donors (Lipinski definition) is 0. The Hall–Kier alpha value is -2.94. The Balaban J connectivity index is 0.938. The van der Waals surface area contributed by atoms with E-state index in [1.807, 2.05) is 4.90 Å². The minimum absolute atomic E-state index is 0.0757. The van der Waals surface area contributed by atoms with Crippen LogP contribution in [0, 0.1) is 12.8 Å². The first-order valence-electron chi connectivity index (χ1n) is 16.5. The Bertz CT molecular complexity index is 1440. The number of benzene rings is 2. The lowest BCUT2D eigenvalue weighted by molar-refractivity contribution is -0.0907. The van der Waals surface area contributed by atoms with E-state index in [0.717, 1.165) is 56.7 Å². The van der Waals surface area contributed by atoms with Crippen LogP contribution in [-0.2, 0) is 19.6 Å². The maximum Gasteiger partial charge on any atom is 0.410 e. The minimum Gasteiger partial charge on any atom is -0.443 e. The highest BCUT2D eigenvalue weighted by molar-refractivity contribution is 5.76. The summed E-state index contributed by atoms with van der Waals surface area (Å²) in [6, 6.07) is 21.4. The highest BCUT2D eigenvalue weighted by Gasteiger charge is 2.46. The molecular weight excluding hydrogens is 540 g/mol. The molecule has 1 aromatic heterocycles. The molecule has 5 saturated heterocycles. The lowest BCUT2D eigenvalue weighted by Crippen LogP contribution is -2.49. The summed E-state index contributed by atoms with van der Waals surface area (Å²) in [4.78, 5) is 22.9. The first-order chi connectivity index (χ1) is 21.1. The predicted molar refractivity (Wildman–Crippen MR) is 164 cm³/mol. The van der Waals surface area contributed by atoms with Crippen molar-refractivity contribution in [1.82, 2.24) is 19.4 Å². The van der Waals surface area contributed by atoms with Crippen molar-refractivity contribution in [3.05, 3.63) is 66.0 Å². The van der Waals surface area contributed by atoms with Crippen LogP contribution >= 0.6 is 0 Å². The molecular formula is C35H44N4O4. The van der Waals surface area contributed by atoms with Crippen LogP contribution < -0.4 is 0 Å². The fourth-order valence-corrected chi connectivity index (χ4v) is 9.13. The number of rotatable bonds is 6. The highest BCUT2D eigenvalue weighted by Crippen LogP contribution is 2.45. The Labute approximate surface area is 254 Å². The molecule has 6 heterocycles. The minimum atomic E-state index is -0.200. The number of ether oxygens (including phenoxy) is 3. The second kappa shape index (κ2) is 11.2. The van der Waals surface area contributed by atoms with Gasteiger partial charge in [0.1, 0.15) is 11.9 Å². The molecule has 0 N–H and O–H groups in total. The molecule has 2 bridgehead atoms. The third kappa shape index (κ3) is 4.95. The van der Waals surface area contributed by atoms with Crippen LogP contribution in [0.3, 0.4) is 0 Å². The van der Waals surface area contributed by atoms with Gasteiger partial charge < -0.3 is 23.7 Å². The van der Waals surface area contributed by atoms with Crippen molar-refractivity contribution in [2.24, 2.45) is 5.92 Å². The third-order valence-electron chi connectivity index (χ3n) is 11.4. The van der Waals surface area contributed by atoms with Crippen LogP contribution in [0.4, 0.5) is 4.79 Å². The van der Waals surface area contributed by atoms with E-state index in [9.17, 15) is 4.79 Å². The lowest BCUT2D eigenvalue weighted by Gasteiger charge is -2.45. The lowest BCUT2D eigenvalue weighted by atomic mass is 9.70. The van der Waals surface area contributed by atoms with Gasteiger partial charge in [0.2, 0.25) is 0 Å². The molecule has 228 valence electrons.